The molecule has 0 spiro atoms. The first-order valence-electron chi connectivity index (χ1n) is 1.99. The van der Waals surface area contributed by atoms with Gasteiger partial charge in [-0.25, -0.2) is 0 Å². The minimum Gasteiger partial charge on any atom is -0.481 e. The summed E-state index contributed by atoms with van der Waals surface area (Å²) in [5.41, 5.74) is 0. The fourth-order valence-corrected chi connectivity index (χ4v) is 0.214. The first-order valence-corrected chi connectivity index (χ1v) is 1.99. The summed E-state index contributed by atoms with van der Waals surface area (Å²) in [5, 5.41) is 7.91. The molecule has 3 heteroatoms. The Hall–Kier alpha value is 0.704. The molecule has 0 aliphatic carbocycles. The second kappa shape index (κ2) is 6.70. The van der Waals surface area contributed by atoms with Gasteiger partial charge in [0.1, 0.15) is 0 Å². The van der Waals surface area contributed by atoms with E-state index in [9.17, 15) is 4.79 Å². The van der Waals surface area contributed by atoms with E-state index in [1.807, 2.05) is 6.92 Å². The molecule has 2 nitrogen and oxygen atoms in total. The fraction of sp³-hybridized carbons (Fsp3) is 0.750. The summed E-state index contributed by atoms with van der Waals surface area (Å²) >= 11 is 0. The summed E-state index contributed by atoms with van der Waals surface area (Å²) in [6.07, 6.45) is 1.02. The predicted molar refractivity (Wildman–Crippen MR) is 22.5 cm³/mol. The molecular weight excluding hydrogens is 255 g/mol. The Balaban J connectivity index is 0. The van der Waals surface area contributed by atoms with Crippen LogP contribution >= 0.6 is 0 Å². The van der Waals surface area contributed by atoms with E-state index in [2.05, 4.69) is 0 Å². The van der Waals surface area contributed by atoms with Gasteiger partial charge in [-0.2, -0.15) is 0 Å². The van der Waals surface area contributed by atoms with Crippen LogP contribution in [0.5, 0.6) is 0 Å². The molecule has 7 heavy (non-hydrogen) atoms. The van der Waals surface area contributed by atoms with Gasteiger partial charge in [0, 0.05) is 43.3 Å². The molecule has 1 radical (unpaired) electrons. The van der Waals surface area contributed by atoms with E-state index in [1.54, 1.807) is 0 Å². The second-order valence-electron chi connectivity index (χ2n) is 1.14. The predicted octanol–water partition coefficient (Wildman–Crippen LogP) is 0.871. The molecule has 1 N–H and O–H groups in total. The van der Waals surface area contributed by atoms with Crippen LogP contribution in [-0.2, 0) is 4.79 Å². The molecule has 0 aliphatic heterocycles. The van der Waals surface area contributed by atoms with E-state index in [0.29, 0.717) is 6.42 Å². The van der Waals surface area contributed by atoms with Gasteiger partial charge < -0.3 is 5.11 Å². The molecule has 0 saturated carbocycles. The fourth-order valence-electron chi connectivity index (χ4n) is 0.214. The molecule has 0 heterocycles. The third-order valence-electron chi connectivity index (χ3n) is 0.464. The topological polar surface area (TPSA) is 37.3 Å². The number of hydrogen-bond acceptors (Lipinski definition) is 1. The number of aliphatic carboxylic acids is 1. The summed E-state index contributed by atoms with van der Waals surface area (Å²) in [4.78, 5) is 9.60. The zero-order valence-electron chi connectivity index (χ0n) is 4.03. The molecule has 0 unspecified atom stereocenters. The van der Waals surface area contributed by atoms with Crippen LogP contribution in [0.2, 0.25) is 0 Å². The molecule has 0 aromatic heterocycles. The van der Waals surface area contributed by atoms with Crippen molar-refractivity contribution in [1.29, 1.82) is 0 Å². The third kappa shape index (κ3) is 10.8. The van der Waals surface area contributed by atoms with Crippen LogP contribution in [0.1, 0.15) is 19.8 Å². The van der Waals surface area contributed by atoms with Crippen LogP contribution in [0.25, 0.3) is 0 Å². The summed E-state index contributed by atoms with van der Waals surface area (Å²) < 4.78 is 0. The van der Waals surface area contributed by atoms with Crippen LogP contribution in [0, 0.1) is 36.9 Å². The van der Waals surface area contributed by atoms with Gasteiger partial charge in [0.15, 0.2) is 0 Å². The standard InChI is InChI=1S/C4H8O2.Lu/c1-2-3-4(5)6;/h2-3H2,1H3,(H,5,6);. The zero-order chi connectivity index (χ0) is 4.99. The van der Waals surface area contributed by atoms with Crippen molar-refractivity contribution >= 4 is 5.97 Å². The van der Waals surface area contributed by atoms with Crippen molar-refractivity contribution in [3.8, 4) is 0 Å². The van der Waals surface area contributed by atoms with Crippen molar-refractivity contribution in [3.05, 3.63) is 0 Å². The average Bonchev–Trinajstić information content (AvgIpc) is 1.35. The van der Waals surface area contributed by atoms with Gasteiger partial charge in [-0.05, 0) is 6.42 Å². The van der Waals surface area contributed by atoms with Crippen molar-refractivity contribution < 1.29 is 46.8 Å². The van der Waals surface area contributed by atoms with E-state index < -0.39 is 5.97 Å². The molecule has 0 rings (SSSR count). The number of carboxylic acids is 1. The molecule has 0 aliphatic rings. The van der Waals surface area contributed by atoms with E-state index in [0.717, 1.165) is 6.42 Å². The van der Waals surface area contributed by atoms with Gasteiger partial charge >= 0.3 is 5.97 Å². The quantitative estimate of drug-likeness (QED) is 0.802. The van der Waals surface area contributed by atoms with Crippen molar-refractivity contribution in [3.63, 3.8) is 0 Å². The zero-order valence-corrected chi connectivity index (χ0v) is 5.68. The van der Waals surface area contributed by atoms with Crippen molar-refractivity contribution in [2.24, 2.45) is 0 Å². The first kappa shape index (κ1) is 10.6. The molecule has 51 valence electrons. The molecule has 0 bridgehead atoms. The minimum absolute atomic E-state index is 0. The van der Waals surface area contributed by atoms with Crippen LogP contribution < -0.4 is 0 Å². The van der Waals surface area contributed by atoms with Crippen molar-refractivity contribution in [1.82, 2.24) is 0 Å². The second-order valence-corrected chi connectivity index (χ2v) is 1.14. The van der Waals surface area contributed by atoms with E-state index in [4.69, 9.17) is 5.11 Å². The smallest absolute Gasteiger partial charge is 0.303 e. The van der Waals surface area contributed by atoms with Gasteiger partial charge in [-0.15, -0.1) is 0 Å². The van der Waals surface area contributed by atoms with Gasteiger partial charge in [-0.1, -0.05) is 6.92 Å². The number of carbonyl (C=O) groups is 1. The Kier molecular flexibility index (Phi) is 10.2. The maximum absolute atomic E-state index is 9.60. The Bertz CT molecular complexity index is 53.7. The Morgan fingerprint density at radius 2 is 2.14 bits per heavy atom. The van der Waals surface area contributed by atoms with E-state index in [1.165, 1.54) is 0 Å². The van der Waals surface area contributed by atoms with Crippen LogP contribution in [0.15, 0.2) is 0 Å². The van der Waals surface area contributed by atoms with Crippen molar-refractivity contribution in [2.75, 3.05) is 0 Å². The maximum Gasteiger partial charge on any atom is 0.303 e. The molecule has 0 fully saturated rings. The summed E-state index contributed by atoms with van der Waals surface area (Å²) in [7, 11) is 0. The maximum atomic E-state index is 9.60. The van der Waals surface area contributed by atoms with Crippen LogP contribution in [0.3, 0.4) is 0 Å². The monoisotopic (exact) mass is 263 g/mol. The largest absolute Gasteiger partial charge is 0.481 e. The van der Waals surface area contributed by atoms with Crippen LogP contribution in [-0.4, -0.2) is 11.1 Å². The summed E-state index contributed by atoms with van der Waals surface area (Å²) in [6, 6.07) is 0. The minimum atomic E-state index is -0.711. The van der Waals surface area contributed by atoms with Crippen molar-refractivity contribution in [2.45, 2.75) is 19.8 Å². The number of rotatable bonds is 2. The molecule has 0 aromatic carbocycles. The van der Waals surface area contributed by atoms with Gasteiger partial charge in [0.25, 0.3) is 0 Å². The van der Waals surface area contributed by atoms with Gasteiger partial charge in [0.05, 0.1) is 0 Å². The summed E-state index contributed by atoms with van der Waals surface area (Å²) in [5.74, 6) is -0.711. The van der Waals surface area contributed by atoms with Crippen LogP contribution in [0.4, 0.5) is 0 Å². The number of carboxylic acid groups (broad SMARTS) is 1. The SMILES string of the molecule is CCCC(=O)O.[Lu]. The normalized spacial score (nSPS) is 7.00. The molecule has 0 aromatic rings. The average molecular weight is 263 g/mol. The van der Waals surface area contributed by atoms with Gasteiger partial charge in [-0.3, -0.25) is 4.79 Å². The number of hydrogen-bond donors (Lipinski definition) is 1. The van der Waals surface area contributed by atoms with E-state index >= 15 is 0 Å². The Morgan fingerprint density at radius 3 is 2.14 bits per heavy atom. The molecular formula is C4H8LuO2. The van der Waals surface area contributed by atoms with Gasteiger partial charge in [0.2, 0.25) is 0 Å². The van der Waals surface area contributed by atoms with E-state index in [-0.39, 0.29) is 36.9 Å². The molecule has 0 atom stereocenters. The summed E-state index contributed by atoms with van der Waals surface area (Å²) in [6.45, 7) is 1.84. The third-order valence-corrected chi connectivity index (χ3v) is 0.464. The first-order chi connectivity index (χ1) is 2.77. The molecule has 0 saturated heterocycles. The Labute approximate surface area is 72.1 Å². The Morgan fingerprint density at radius 1 is 1.71 bits per heavy atom. The molecule has 0 amide bonds.